The van der Waals surface area contributed by atoms with Gasteiger partial charge in [0.25, 0.3) is 0 Å². The van der Waals surface area contributed by atoms with Gasteiger partial charge < -0.3 is 15.2 Å². The van der Waals surface area contributed by atoms with E-state index in [1.807, 2.05) is 11.8 Å². The predicted octanol–water partition coefficient (Wildman–Crippen LogP) is -0.796. The van der Waals surface area contributed by atoms with Crippen molar-refractivity contribution in [3.05, 3.63) is 0 Å². The molecule has 4 nitrogen and oxygen atoms in total. The van der Waals surface area contributed by atoms with E-state index in [1.54, 1.807) is 0 Å². The van der Waals surface area contributed by atoms with Gasteiger partial charge in [-0.1, -0.05) is 0 Å². The number of hydrogen-bond donors (Lipinski definition) is 2. The fraction of sp³-hybridized carbons (Fsp3) is 1.00. The molecule has 1 fully saturated rings. The van der Waals surface area contributed by atoms with Crippen LogP contribution in [-0.4, -0.2) is 49.2 Å². The summed E-state index contributed by atoms with van der Waals surface area (Å²) >= 11 is 0. The first-order valence-electron chi connectivity index (χ1n) is 4.09. The number of rotatable bonds is 3. The van der Waals surface area contributed by atoms with Crippen LogP contribution in [0, 0.1) is 0 Å². The fourth-order valence-electron chi connectivity index (χ4n) is 1.16. The minimum atomic E-state index is -0.706. The van der Waals surface area contributed by atoms with Crippen LogP contribution in [0.3, 0.4) is 0 Å². The van der Waals surface area contributed by atoms with Crippen LogP contribution < -0.4 is 5.32 Å². The highest BCUT2D eigenvalue weighted by Crippen LogP contribution is 1.99. The van der Waals surface area contributed by atoms with Crippen LogP contribution in [0.2, 0.25) is 0 Å². The molecule has 1 atom stereocenters. The summed E-state index contributed by atoms with van der Waals surface area (Å²) in [4.78, 5) is 1.92. The summed E-state index contributed by atoms with van der Waals surface area (Å²) in [5, 5.41) is 12.6. The molecule has 0 aromatic heterocycles. The van der Waals surface area contributed by atoms with Gasteiger partial charge in [0, 0.05) is 32.8 Å². The molecule has 0 bridgehead atoms. The summed E-state index contributed by atoms with van der Waals surface area (Å²) in [6.07, 6.45) is -0.706. The van der Waals surface area contributed by atoms with E-state index in [0.717, 1.165) is 26.2 Å². The van der Waals surface area contributed by atoms with E-state index in [4.69, 9.17) is 4.74 Å². The monoisotopic (exact) mass is 160 g/mol. The van der Waals surface area contributed by atoms with Crippen molar-refractivity contribution < 1.29 is 9.84 Å². The Kier molecular flexibility index (Phi) is 3.79. The Labute approximate surface area is 67.1 Å². The highest BCUT2D eigenvalue weighted by molar-refractivity contribution is 4.65. The Morgan fingerprint density at radius 2 is 2.18 bits per heavy atom. The van der Waals surface area contributed by atoms with Crippen molar-refractivity contribution in [3.8, 4) is 0 Å². The summed E-state index contributed by atoms with van der Waals surface area (Å²) in [5.74, 6) is 0. The number of ether oxygens (including phenoxy) is 1. The first-order valence-corrected chi connectivity index (χ1v) is 4.09. The first kappa shape index (κ1) is 8.93. The Hall–Kier alpha value is -0.160. The third-order valence-electron chi connectivity index (χ3n) is 1.78. The van der Waals surface area contributed by atoms with Crippen molar-refractivity contribution in [2.24, 2.45) is 0 Å². The van der Waals surface area contributed by atoms with Gasteiger partial charge in [0.2, 0.25) is 6.41 Å². The van der Waals surface area contributed by atoms with Gasteiger partial charge in [-0.15, -0.1) is 0 Å². The topological polar surface area (TPSA) is 44.7 Å². The molecule has 1 rings (SSSR count). The summed E-state index contributed by atoms with van der Waals surface area (Å²) < 4.78 is 5.04. The van der Waals surface area contributed by atoms with Crippen molar-refractivity contribution in [3.63, 3.8) is 0 Å². The zero-order chi connectivity index (χ0) is 8.10. The molecule has 0 amide bonds. The van der Waals surface area contributed by atoms with Gasteiger partial charge in [0.1, 0.15) is 0 Å². The van der Waals surface area contributed by atoms with Gasteiger partial charge in [0.15, 0.2) is 0 Å². The van der Waals surface area contributed by atoms with Crippen LogP contribution in [0.4, 0.5) is 0 Å². The van der Waals surface area contributed by atoms with Gasteiger partial charge >= 0.3 is 0 Å². The first-order chi connectivity index (χ1) is 5.34. The molecule has 11 heavy (non-hydrogen) atoms. The van der Waals surface area contributed by atoms with Gasteiger partial charge in [0.05, 0.1) is 0 Å². The van der Waals surface area contributed by atoms with E-state index in [9.17, 15) is 5.11 Å². The third kappa shape index (κ3) is 2.75. The highest BCUT2D eigenvalue weighted by atomic mass is 16.6. The zero-order valence-corrected chi connectivity index (χ0v) is 6.92. The van der Waals surface area contributed by atoms with Crippen LogP contribution in [-0.2, 0) is 4.74 Å². The lowest BCUT2D eigenvalue weighted by Crippen LogP contribution is -2.49. The van der Waals surface area contributed by atoms with E-state index in [0.29, 0.717) is 6.61 Å². The average Bonchev–Trinajstić information content (AvgIpc) is 2.07. The summed E-state index contributed by atoms with van der Waals surface area (Å²) in [7, 11) is 0. The number of piperazine rings is 1. The normalized spacial score (nSPS) is 23.5. The van der Waals surface area contributed by atoms with Crippen LogP contribution >= 0.6 is 0 Å². The Morgan fingerprint density at radius 3 is 2.73 bits per heavy atom. The van der Waals surface area contributed by atoms with Crippen molar-refractivity contribution in [1.82, 2.24) is 10.2 Å². The molecule has 66 valence electrons. The smallest absolute Gasteiger partial charge is 0.216 e. The lowest BCUT2D eigenvalue weighted by Gasteiger charge is -2.30. The van der Waals surface area contributed by atoms with Gasteiger partial charge in [-0.05, 0) is 6.92 Å². The second-order valence-corrected chi connectivity index (χ2v) is 2.57. The number of aliphatic hydroxyl groups is 1. The third-order valence-corrected chi connectivity index (χ3v) is 1.78. The minimum Gasteiger partial charge on any atom is -0.356 e. The van der Waals surface area contributed by atoms with E-state index in [1.165, 1.54) is 0 Å². The fourth-order valence-corrected chi connectivity index (χ4v) is 1.16. The lowest BCUT2D eigenvalue weighted by molar-refractivity contribution is -0.192. The van der Waals surface area contributed by atoms with Crippen LogP contribution in [0.1, 0.15) is 6.92 Å². The Balaban J connectivity index is 2.21. The van der Waals surface area contributed by atoms with Crippen molar-refractivity contribution in [2.75, 3.05) is 32.8 Å². The van der Waals surface area contributed by atoms with E-state index in [2.05, 4.69) is 5.32 Å². The Morgan fingerprint density at radius 1 is 1.55 bits per heavy atom. The second-order valence-electron chi connectivity index (χ2n) is 2.57. The molecular formula is C7H16N2O2. The second kappa shape index (κ2) is 4.66. The maximum Gasteiger partial charge on any atom is 0.216 e. The molecule has 1 aliphatic heterocycles. The number of nitrogens with one attached hydrogen (secondary N) is 1. The molecule has 1 aliphatic rings. The number of aliphatic hydroxyl groups excluding tert-OH is 1. The SMILES string of the molecule is CCOC(O)N1CCNCC1. The molecular weight excluding hydrogens is 144 g/mol. The Bertz CT molecular complexity index is 105. The molecule has 4 heteroatoms. The van der Waals surface area contributed by atoms with Gasteiger partial charge in [-0.2, -0.15) is 0 Å². The summed E-state index contributed by atoms with van der Waals surface area (Å²) in [6.45, 7) is 6.03. The van der Waals surface area contributed by atoms with Crippen molar-refractivity contribution in [2.45, 2.75) is 13.3 Å². The largest absolute Gasteiger partial charge is 0.356 e. The van der Waals surface area contributed by atoms with E-state index >= 15 is 0 Å². The zero-order valence-electron chi connectivity index (χ0n) is 6.92. The quantitative estimate of drug-likeness (QED) is 0.531. The van der Waals surface area contributed by atoms with Crippen LogP contribution in [0.5, 0.6) is 0 Å². The average molecular weight is 160 g/mol. The molecule has 0 saturated carbocycles. The molecule has 0 aromatic carbocycles. The maximum atomic E-state index is 9.35. The van der Waals surface area contributed by atoms with Crippen molar-refractivity contribution in [1.29, 1.82) is 0 Å². The van der Waals surface area contributed by atoms with E-state index in [-0.39, 0.29) is 0 Å². The lowest BCUT2D eigenvalue weighted by atomic mass is 10.4. The molecule has 0 spiro atoms. The molecule has 0 aliphatic carbocycles. The van der Waals surface area contributed by atoms with E-state index < -0.39 is 6.41 Å². The predicted molar refractivity (Wildman–Crippen MR) is 42.1 cm³/mol. The van der Waals surface area contributed by atoms with Gasteiger partial charge in [-0.3, -0.25) is 4.90 Å². The summed E-state index contributed by atoms with van der Waals surface area (Å²) in [6, 6.07) is 0. The maximum absolute atomic E-state index is 9.35. The van der Waals surface area contributed by atoms with Gasteiger partial charge in [-0.25, -0.2) is 0 Å². The molecule has 0 aromatic rings. The summed E-state index contributed by atoms with van der Waals surface area (Å²) in [5.41, 5.74) is 0. The van der Waals surface area contributed by atoms with Crippen molar-refractivity contribution >= 4 is 0 Å². The molecule has 1 saturated heterocycles. The minimum absolute atomic E-state index is 0.561. The molecule has 1 heterocycles. The highest BCUT2D eigenvalue weighted by Gasteiger charge is 2.17. The molecule has 2 N–H and O–H groups in total. The standard InChI is InChI=1S/C7H16N2O2/c1-2-11-7(10)9-5-3-8-4-6-9/h7-8,10H,2-6H2,1H3. The van der Waals surface area contributed by atoms with Crippen LogP contribution in [0.25, 0.3) is 0 Å². The molecule has 1 unspecified atom stereocenters. The number of nitrogens with zero attached hydrogens (tertiary/aromatic N) is 1. The number of hydrogen-bond acceptors (Lipinski definition) is 4. The van der Waals surface area contributed by atoms with Crippen LogP contribution in [0.15, 0.2) is 0 Å². The molecule has 0 radical (unpaired) electrons.